The van der Waals surface area contributed by atoms with Crippen LogP contribution in [0.4, 0.5) is 0 Å². The van der Waals surface area contributed by atoms with E-state index in [2.05, 4.69) is 60.1 Å². The maximum absolute atomic E-state index is 11.6. The molecule has 0 aromatic rings. The van der Waals surface area contributed by atoms with Crippen molar-refractivity contribution in [1.82, 2.24) is 0 Å². The number of aliphatic hydroxyl groups is 1. The molecule has 8 heteroatoms. The molecule has 0 aromatic carbocycles. The molecule has 7 nitrogen and oxygen atoms in total. The topological polar surface area (TPSA) is 113 Å². The minimum atomic E-state index is -4.63. The molecule has 0 saturated heterocycles. The van der Waals surface area contributed by atoms with Gasteiger partial charge in [-0.25, -0.2) is 4.57 Å². The molecule has 0 aromatic heterocycles. The van der Waals surface area contributed by atoms with Crippen LogP contribution in [0, 0.1) is 0 Å². The molecule has 0 spiro atoms. The zero-order valence-electron chi connectivity index (χ0n) is 21.4. The summed E-state index contributed by atoms with van der Waals surface area (Å²) in [6.45, 7) is 1.23. The summed E-state index contributed by atoms with van der Waals surface area (Å²) < 4.78 is 19.6. The van der Waals surface area contributed by atoms with E-state index < -0.39 is 26.5 Å². The van der Waals surface area contributed by atoms with Crippen LogP contribution in [-0.2, 0) is 18.6 Å². The molecule has 0 aliphatic carbocycles. The summed E-state index contributed by atoms with van der Waals surface area (Å²) in [7, 11) is -4.63. The molecule has 0 amide bonds. The van der Waals surface area contributed by atoms with Crippen LogP contribution in [0.1, 0.15) is 96.8 Å². The van der Waals surface area contributed by atoms with Gasteiger partial charge in [0.15, 0.2) is 0 Å². The molecule has 0 bridgehead atoms. The van der Waals surface area contributed by atoms with Gasteiger partial charge in [-0.2, -0.15) is 0 Å². The summed E-state index contributed by atoms with van der Waals surface area (Å²) >= 11 is 0. The van der Waals surface area contributed by atoms with Gasteiger partial charge in [-0.1, -0.05) is 94.1 Å². The number of rotatable bonds is 23. The Labute approximate surface area is 212 Å². The van der Waals surface area contributed by atoms with E-state index in [0.29, 0.717) is 0 Å². The highest BCUT2D eigenvalue weighted by molar-refractivity contribution is 7.46. The van der Waals surface area contributed by atoms with Crippen molar-refractivity contribution < 1.29 is 33.5 Å². The first-order valence-electron chi connectivity index (χ1n) is 13.0. The average Bonchev–Trinajstić information content (AvgIpc) is 2.82. The Morgan fingerprint density at radius 2 is 1.23 bits per heavy atom. The first-order chi connectivity index (χ1) is 16.8. The predicted molar refractivity (Wildman–Crippen MR) is 142 cm³/mol. The van der Waals surface area contributed by atoms with Crippen molar-refractivity contribution in [2.45, 2.75) is 103 Å². The molecule has 0 saturated carbocycles. The third kappa shape index (κ3) is 28.6. The maximum Gasteiger partial charge on any atom is 0.469 e. The minimum Gasteiger partial charge on any atom is -0.463 e. The van der Waals surface area contributed by atoms with Crippen LogP contribution in [0.3, 0.4) is 0 Å². The van der Waals surface area contributed by atoms with Gasteiger partial charge in [-0.05, 0) is 44.9 Å². The molecule has 1 atom stereocenters. The van der Waals surface area contributed by atoms with Gasteiger partial charge in [-0.15, -0.1) is 0 Å². The summed E-state index contributed by atoms with van der Waals surface area (Å²) in [6, 6.07) is 0. The molecule has 0 radical (unpaired) electrons. The summed E-state index contributed by atoms with van der Waals surface area (Å²) in [5.74, 6) is -0.420. The second-order valence-electron chi connectivity index (χ2n) is 8.49. The molecule has 35 heavy (non-hydrogen) atoms. The number of hydrogen-bond donors (Lipinski definition) is 3. The van der Waals surface area contributed by atoms with Crippen molar-refractivity contribution in [2.75, 3.05) is 13.2 Å². The smallest absolute Gasteiger partial charge is 0.463 e. The van der Waals surface area contributed by atoms with Crippen LogP contribution < -0.4 is 0 Å². The Bertz CT molecular complexity index is 664. The normalized spacial score (nSPS) is 13.6. The summed E-state index contributed by atoms with van der Waals surface area (Å²) in [5.41, 5.74) is 0. The fourth-order valence-electron chi connectivity index (χ4n) is 3.18. The van der Waals surface area contributed by atoms with Gasteiger partial charge >= 0.3 is 13.8 Å². The Kier molecular flexibility index (Phi) is 23.2. The Morgan fingerprint density at radius 3 is 1.77 bits per heavy atom. The average molecular weight is 515 g/mol. The number of carbonyl (C=O) groups excluding carboxylic acids is 1. The fourth-order valence-corrected chi connectivity index (χ4v) is 3.55. The molecule has 0 aliphatic rings. The molecule has 0 rings (SSSR count). The lowest BCUT2D eigenvalue weighted by Gasteiger charge is -2.12. The van der Waals surface area contributed by atoms with Gasteiger partial charge < -0.3 is 19.6 Å². The second-order valence-corrected chi connectivity index (χ2v) is 9.73. The molecular formula is C27H47O7P. The van der Waals surface area contributed by atoms with E-state index in [9.17, 15) is 14.5 Å². The Balaban J connectivity index is 3.42. The van der Waals surface area contributed by atoms with E-state index in [-0.39, 0.29) is 13.0 Å². The second kappa shape index (κ2) is 24.2. The predicted octanol–water partition coefficient (Wildman–Crippen LogP) is 6.71. The fraction of sp³-hybridized carbons (Fsp3) is 0.667. The SMILES string of the molecule is CC/C=C\C/C=C\C/C=C\C/C=C\CCCCCCCCCCC(=O)OCC(O)COP(=O)(O)O. The number of unbranched alkanes of at least 4 members (excludes halogenated alkanes) is 8. The molecule has 0 heterocycles. The minimum absolute atomic E-state index is 0.279. The van der Waals surface area contributed by atoms with Gasteiger partial charge in [0, 0.05) is 6.42 Å². The van der Waals surface area contributed by atoms with Gasteiger partial charge in [0.1, 0.15) is 12.7 Å². The number of ether oxygens (including phenoxy) is 1. The summed E-state index contributed by atoms with van der Waals surface area (Å²) in [4.78, 5) is 28.7. The number of aliphatic hydroxyl groups excluding tert-OH is 1. The molecular weight excluding hydrogens is 467 g/mol. The first kappa shape index (κ1) is 33.5. The van der Waals surface area contributed by atoms with Crippen molar-refractivity contribution in [3.05, 3.63) is 48.6 Å². The molecule has 0 fully saturated rings. The van der Waals surface area contributed by atoms with Gasteiger partial charge in [0.25, 0.3) is 0 Å². The van der Waals surface area contributed by atoms with Crippen molar-refractivity contribution in [2.24, 2.45) is 0 Å². The maximum atomic E-state index is 11.6. The summed E-state index contributed by atoms with van der Waals surface area (Å²) in [6.07, 6.45) is 30.9. The van der Waals surface area contributed by atoms with Crippen molar-refractivity contribution in [1.29, 1.82) is 0 Å². The Morgan fingerprint density at radius 1 is 0.743 bits per heavy atom. The highest BCUT2D eigenvalue weighted by Crippen LogP contribution is 2.35. The third-order valence-corrected chi connectivity index (χ3v) is 5.58. The van der Waals surface area contributed by atoms with Crippen LogP contribution in [0.25, 0.3) is 0 Å². The Hall–Kier alpha value is -1.50. The van der Waals surface area contributed by atoms with Crippen molar-refractivity contribution in [3.8, 4) is 0 Å². The number of allylic oxidation sites excluding steroid dienone is 8. The van der Waals surface area contributed by atoms with E-state index in [1.165, 1.54) is 25.7 Å². The van der Waals surface area contributed by atoms with Crippen LogP contribution in [0.15, 0.2) is 48.6 Å². The number of phosphoric ester groups is 1. The van der Waals surface area contributed by atoms with Gasteiger partial charge in [0.05, 0.1) is 6.61 Å². The number of carbonyl (C=O) groups is 1. The summed E-state index contributed by atoms with van der Waals surface area (Å²) in [5, 5.41) is 9.45. The van der Waals surface area contributed by atoms with Crippen LogP contribution in [-0.4, -0.2) is 40.2 Å². The number of phosphoric acid groups is 1. The quantitative estimate of drug-likeness (QED) is 0.0601. The van der Waals surface area contributed by atoms with Gasteiger partial charge in [0.2, 0.25) is 0 Å². The lowest BCUT2D eigenvalue weighted by Crippen LogP contribution is -2.23. The molecule has 202 valence electrons. The van der Waals surface area contributed by atoms with Gasteiger partial charge in [-0.3, -0.25) is 9.32 Å². The van der Waals surface area contributed by atoms with Crippen LogP contribution in [0.2, 0.25) is 0 Å². The van der Waals surface area contributed by atoms with Crippen molar-refractivity contribution >= 4 is 13.8 Å². The van der Waals surface area contributed by atoms with E-state index in [4.69, 9.17) is 14.5 Å². The molecule has 0 aliphatic heterocycles. The van der Waals surface area contributed by atoms with E-state index in [0.717, 1.165) is 57.8 Å². The van der Waals surface area contributed by atoms with Crippen molar-refractivity contribution in [3.63, 3.8) is 0 Å². The van der Waals surface area contributed by atoms with E-state index in [1.807, 2.05) is 0 Å². The standard InChI is InChI=1S/C27H47O7P/c1-2-3-4-5-6-7-8-9-10-11-12-13-14-15-16-17-18-19-20-21-22-23-27(29)33-24-26(28)25-34-35(30,31)32/h3-4,6-7,9-10,12-13,26,28H,2,5,8,11,14-25H2,1H3,(H2,30,31,32)/b4-3-,7-6-,10-9-,13-12-. The molecule has 1 unspecified atom stereocenters. The molecule has 3 N–H and O–H groups in total. The highest BCUT2D eigenvalue weighted by Gasteiger charge is 2.17. The zero-order valence-corrected chi connectivity index (χ0v) is 22.3. The number of hydrogen-bond acceptors (Lipinski definition) is 5. The largest absolute Gasteiger partial charge is 0.469 e. The third-order valence-electron chi connectivity index (χ3n) is 5.09. The monoisotopic (exact) mass is 514 g/mol. The highest BCUT2D eigenvalue weighted by atomic mass is 31.2. The van der Waals surface area contributed by atoms with E-state index in [1.54, 1.807) is 0 Å². The van der Waals surface area contributed by atoms with Crippen LogP contribution in [0.5, 0.6) is 0 Å². The lowest BCUT2D eigenvalue weighted by atomic mass is 10.1. The van der Waals surface area contributed by atoms with Crippen LogP contribution >= 0.6 is 7.82 Å². The van der Waals surface area contributed by atoms with E-state index >= 15 is 0 Å². The zero-order chi connectivity index (χ0) is 26.0. The first-order valence-corrected chi connectivity index (χ1v) is 14.5. The lowest BCUT2D eigenvalue weighted by molar-refractivity contribution is -0.147. The number of esters is 1.